The van der Waals surface area contributed by atoms with E-state index in [-0.39, 0.29) is 23.9 Å². The van der Waals surface area contributed by atoms with Crippen molar-refractivity contribution >= 4 is 0 Å². The van der Waals surface area contributed by atoms with Crippen LogP contribution in [0.1, 0.15) is 27.2 Å². The Morgan fingerprint density at radius 3 is 2.39 bits per heavy atom. The van der Waals surface area contributed by atoms with Crippen molar-refractivity contribution in [1.29, 1.82) is 0 Å². The zero-order valence-corrected chi connectivity index (χ0v) is 16.8. The van der Waals surface area contributed by atoms with E-state index in [9.17, 15) is 25.5 Å². The Kier molecular flexibility index (Phi) is 6.66. The van der Waals surface area contributed by atoms with Crippen LogP contribution < -0.4 is 0 Å². The van der Waals surface area contributed by atoms with Crippen LogP contribution >= 0.6 is 0 Å². The first-order valence-electron chi connectivity index (χ1n) is 10.2. The summed E-state index contributed by atoms with van der Waals surface area (Å²) in [4.78, 5) is 0. The summed E-state index contributed by atoms with van der Waals surface area (Å²) in [6.45, 7) is 6.19. The zero-order chi connectivity index (χ0) is 20.6. The molecule has 3 aliphatic rings. The monoisotopic (exact) mass is 398 g/mol. The molecule has 0 spiro atoms. The van der Waals surface area contributed by atoms with E-state index < -0.39 is 43.4 Å². The molecular formula is C21H34O7. The van der Waals surface area contributed by atoms with Crippen LogP contribution in [0.3, 0.4) is 0 Å². The third kappa shape index (κ3) is 3.94. The Morgan fingerprint density at radius 2 is 1.75 bits per heavy atom. The molecule has 0 saturated carbocycles. The molecule has 0 aromatic carbocycles. The molecule has 5 N–H and O–H groups in total. The van der Waals surface area contributed by atoms with Gasteiger partial charge in [0.25, 0.3) is 0 Å². The summed E-state index contributed by atoms with van der Waals surface area (Å²) in [6, 6.07) is 0. The molecule has 1 saturated heterocycles. The first-order chi connectivity index (χ1) is 13.2. The lowest BCUT2D eigenvalue weighted by Gasteiger charge is -2.41. The van der Waals surface area contributed by atoms with Crippen LogP contribution in [-0.4, -0.2) is 75.6 Å². The van der Waals surface area contributed by atoms with Crippen molar-refractivity contribution < 1.29 is 35.0 Å². The molecule has 0 radical (unpaired) electrons. The average molecular weight is 398 g/mol. The van der Waals surface area contributed by atoms with Gasteiger partial charge in [0.1, 0.15) is 24.4 Å². The van der Waals surface area contributed by atoms with Crippen LogP contribution in [0.5, 0.6) is 0 Å². The topological polar surface area (TPSA) is 120 Å². The van der Waals surface area contributed by atoms with Gasteiger partial charge in [0.2, 0.25) is 0 Å². The molecule has 28 heavy (non-hydrogen) atoms. The molecule has 160 valence electrons. The van der Waals surface area contributed by atoms with E-state index in [1.807, 2.05) is 12.2 Å². The highest BCUT2D eigenvalue weighted by Crippen LogP contribution is 2.50. The second-order valence-corrected chi connectivity index (χ2v) is 9.05. The van der Waals surface area contributed by atoms with E-state index in [0.29, 0.717) is 11.8 Å². The third-order valence-corrected chi connectivity index (χ3v) is 6.84. The first-order valence-corrected chi connectivity index (χ1v) is 10.2. The molecule has 7 heteroatoms. The zero-order valence-electron chi connectivity index (χ0n) is 16.8. The minimum Gasteiger partial charge on any atom is -0.394 e. The fraction of sp³-hybridized carbons (Fsp3) is 0.810. The summed E-state index contributed by atoms with van der Waals surface area (Å²) in [6.07, 6.45) is 2.15. The first kappa shape index (κ1) is 21.9. The molecule has 0 amide bonds. The maximum atomic E-state index is 10.6. The van der Waals surface area contributed by atoms with Gasteiger partial charge in [-0.1, -0.05) is 45.1 Å². The molecule has 0 bridgehead atoms. The van der Waals surface area contributed by atoms with Gasteiger partial charge in [-0.3, -0.25) is 0 Å². The van der Waals surface area contributed by atoms with E-state index in [0.717, 1.165) is 6.42 Å². The standard InChI is InChI=1S/C21H34O7/c1-11(2)12-4-5-13(14-6-7-16(23)21(14,3)8-12)10-27-20-19(26)18(25)17(24)15(9-22)28-20/h4-7,11-20,22-26H,8-10H2,1-3H3/t12?,13-,14-,15?,16-,17?,18?,19?,20?,21-/m0/s1. The Hall–Kier alpha value is -0.800. The highest BCUT2D eigenvalue weighted by Gasteiger charge is 2.49. The minimum atomic E-state index is -1.45. The van der Waals surface area contributed by atoms with Gasteiger partial charge < -0.3 is 35.0 Å². The molecule has 0 aromatic rings. The number of aliphatic hydroxyl groups is 5. The van der Waals surface area contributed by atoms with Gasteiger partial charge >= 0.3 is 0 Å². The largest absolute Gasteiger partial charge is 0.394 e. The number of hydrogen-bond acceptors (Lipinski definition) is 7. The predicted molar refractivity (Wildman–Crippen MR) is 102 cm³/mol. The number of allylic oxidation sites excluding steroid dienone is 2. The van der Waals surface area contributed by atoms with Crippen LogP contribution in [0.4, 0.5) is 0 Å². The summed E-state index contributed by atoms with van der Waals surface area (Å²) < 4.78 is 11.3. The third-order valence-electron chi connectivity index (χ3n) is 6.84. The lowest BCUT2D eigenvalue weighted by atomic mass is 9.67. The van der Waals surface area contributed by atoms with Crippen LogP contribution in [0.15, 0.2) is 24.3 Å². The van der Waals surface area contributed by atoms with Crippen LogP contribution in [0.25, 0.3) is 0 Å². The molecule has 1 fully saturated rings. The molecule has 6 unspecified atom stereocenters. The molecule has 10 atom stereocenters. The maximum Gasteiger partial charge on any atom is 0.186 e. The van der Waals surface area contributed by atoms with Crippen LogP contribution in [-0.2, 0) is 9.47 Å². The summed E-state index contributed by atoms with van der Waals surface area (Å²) >= 11 is 0. The molecular weight excluding hydrogens is 364 g/mol. The summed E-state index contributed by atoms with van der Waals surface area (Å²) in [7, 11) is 0. The Morgan fingerprint density at radius 1 is 1.04 bits per heavy atom. The highest BCUT2D eigenvalue weighted by atomic mass is 16.7. The van der Waals surface area contributed by atoms with Gasteiger partial charge in [-0.15, -0.1) is 0 Å². The lowest BCUT2D eigenvalue weighted by molar-refractivity contribution is -0.303. The molecule has 1 heterocycles. The number of fused-ring (bicyclic) bond motifs is 1. The van der Waals surface area contributed by atoms with E-state index in [1.165, 1.54) is 0 Å². The van der Waals surface area contributed by atoms with Gasteiger partial charge in [0, 0.05) is 11.3 Å². The van der Waals surface area contributed by atoms with Crippen molar-refractivity contribution in [1.82, 2.24) is 0 Å². The van der Waals surface area contributed by atoms with Crippen molar-refractivity contribution in [3.8, 4) is 0 Å². The lowest BCUT2D eigenvalue weighted by Crippen LogP contribution is -2.59. The fourth-order valence-corrected chi connectivity index (χ4v) is 4.76. The average Bonchev–Trinajstić information content (AvgIpc) is 2.85. The quantitative estimate of drug-likeness (QED) is 0.420. The van der Waals surface area contributed by atoms with E-state index in [4.69, 9.17) is 9.47 Å². The second kappa shape index (κ2) is 8.52. The van der Waals surface area contributed by atoms with Gasteiger partial charge in [0.05, 0.1) is 19.3 Å². The number of aliphatic hydroxyl groups excluding tert-OH is 5. The molecule has 7 nitrogen and oxygen atoms in total. The van der Waals surface area contributed by atoms with Crippen molar-refractivity contribution in [3.63, 3.8) is 0 Å². The SMILES string of the molecule is CC(C)C1C=C[C@@H](COC2OC(CO)C(O)C(O)C2O)[C@@H]2C=C[C@H](O)[C@@]2(C)C1. The van der Waals surface area contributed by atoms with Crippen molar-refractivity contribution in [3.05, 3.63) is 24.3 Å². The maximum absolute atomic E-state index is 10.6. The number of ether oxygens (including phenoxy) is 2. The molecule has 0 aromatic heterocycles. The predicted octanol–water partition coefficient (Wildman–Crippen LogP) is 0.204. The summed E-state index contributed by atoms with van der Waals surface area (Å²) in [5.41, 5.74) is -0.304. The number of rotatable bonds is 5. The Bertz CT molecular complexity index is 589. The van der Waals surface area contributed by atoms with Crippen LogP contribution in [0.2, 0.25) is 0 Å². The van der Waals surface area contributed by atoms with Gasteiger partial charge in [-0.05, 0) is 24.2 Å². The van der Waals surface area contributed by atoms with Crippen molar-refractivity contribution in [2.24, 2.45) is 29.1 Å². The second-order valence-electron chi connectivity index (χ2n) is 9.05. The smallest absolute Gasteiger partial charge is 0.186 e. The Labute approximate surface area is 166 Å². The summed E-state index contributed by atoms with van der Waals surface area (Å²) in [5.74, 6) is 0.841. The Balaban J connectivity index is 1.73. The van der Waals surface area contributed by atoms with Gasteiger partial charge in [-0.2, -0.15) is 0 Å². The summed E-state index contributed by atoms with van der Waals surface area (Å²) in [5, 5.41) is 50.0. The van der Waals surface area contributed by atoms with Crippen LogP contribution in [0, 0.1) is 29.1 Å². The number of hydrogen-bond donors (Lipinski definition) is 5. The minimum absolute atomic E-state index is 0.0329. The van der Waals surface area contributed by atoms with Crippen molar-refractivity contribution in [2.75, 3.05) is 13.2 Å². The van der Waals surface area contributed by atoms with Gasteiger partial charge in [0.15, 0.2) is 6.29 Å². The molecule has 1 aliphatic heterocycles. The fourth-order valence-electron chi connectivity index (χ4n) is 4.76. The molecule has 2 aliphatic carbocycles. The van der Waals surface area contributed by atoms with E-state index in [2.05, 4.69) is 32.9 Å². The van der Waals surface area contributed by atoms with E-state index in [1.54, 1.807) is 0 Å². The highest BCUT2D eigenvalue weighted by molar-refractivity contribution is 5.20. The van der Waals surface area contributed by atoms with Gasteiger partial charge in [-0.25, -0.2) is 0 Å². The van der Waals surface area contributed by atoms with Crippen molar-refractivity contribution in [2.45, 2.75) is 64.0 Å². The van der Waals surface area contributed by atoms with E-state index >= 15 is 0 Å². The normalized spacial score (nSPS) is 48.7. The molecule has 3 rings (SSSR count).